The quantitative estimate of drug-likeness (QED) is 0.441. The van der Waals surface area contributed by atoms with Gasteiger partial charge < -0.3 is 4.55 Å². The van der Waals surface area contributed by atoms with Gasteiger partial charge in [0.25, 0.3) is 0 Å². The first-order valence-corrected chi connectivity index (χ1v) is 6.05. The van der Waals surface area contributed by atoms with Crippen LogP contribution in [0.5, 0.6) is 0 Å². The molecule has 0 saturated heterocycles. The van der Waals surface area contributed by atoms with E-state index in [4.69, 9.17) is 4.55 Å². The van der Waals surface area contributed by atoms with Gasteiger partial charge in [-0.05, 0) is 0 Å². The van der Waals surface area contributed by atoms with Gasteiger partial charge in [0.15, 0.2) is 9.15 Å². The first-order chi connectivity index (χ1) is 3.71. The fourth-order valence-corrected chi connectivity index (χ4v) is 2.84. The summed E-state index contributed by atoms with van der Waals surface area (Å²) in [5.74, 6) is 0. The van der Waals surface area contributed by atoms with Crippen LogP contribution in [0.1, 0.15) is 0 Å². The smallest absolute Gasteiger partial charge is 0.333 e. The molecule has 0 rings (SSSR count). The molecule has 0 bridgehead atoms. The zero-order valence-electron chi connectivity index (χ0n) is 3.71. The number of rotatable bonds is 2. The summed E-state index contributed by atoms with van der Waals surface area (Å²) in [6.07, 6.45) is 0. The van der Waals surface area contributed by atoms with E-state index in [9.17, 15) is 21.4 Å². The number of hydrogen-bond donors (Lipinski definition) is 1. The van der Waals surface area contributed by atoms with Crippen molar-refractivity contribution in [1.82, 2.24) is 0 Å². The molecule has 1 N–H and O–H groups in total. The lowest BCUT2D eigenvalue weighted by atomic mass is 15.9. The second-order valence-corrected chi connectivity index (χ2v) is 6.83. The molecule has 0 aromatic rings. The molecule has 0 aromatic heterocycles. The lowest BCUT2D eigenvalue weighted by Gasteiger charge is -1.99. The molecular weight excluding hydrogens is 192 g/mol. The minimum atomic E-state index is -4.95. The van der Waals surface area contributed by atoms with Gasteiger partial charge in [0, 0.05) is 0 Å². The van der Waals surface area contributed by atoms with Crippen LogP contribution >= 0.6 is 9.83 Å². The molecule has 9 heavy (non-hydrogen) atoms. The molecule has 0 radical (unpaired) electrons. The molecule has 56 valence electrons. The Hall–Kier alpha value is 0.170. The third-order valence-corrected chi connectivity index (χ3v) is 4.57. The van der Waals surface area contributed by atoms with Crippen LogP contribution in [0.3, 0.4) is 0 Å². The van der Waals surface area contributed by atoms with Crippen molar-refractivity contribution in [3.05, 3.63) is 0 Å². The maximum Gasteiger partial charge on any atom is 0.333 e. The molecule has 0 heterocycles. The van der Waals surface area contributed by atoms with Crippen molar-refractivity contribution >= 4 is 28.1 Å². The van der Waals surface area contributed by atoms with Crippen LogP contribution in [0, 0.1) is 0 Å². The summed E-state index contributed by atoms with van der Waals surface area (Å²) in [5.41, 5.74) is 0. The molecular formula is HO6S3-. The zero-order valence-corrected chi connectivity index (χ0v) is 6.16. The summed E-state index contributed by atoms with van der Waals surface area (Å²) in [4.78, 5) is 0. The summed E-state index contributed by atoms with van der Waals surface area (Å²) in [6.45, 7) is 0. The molecule has 0 fully saturated rings. The first kappa shape index (κ1) is 9.17. The summed E-state index contributed by atoms with van der Waals surface area (Å²) in [6, 6.07) is 0. The molecule has 0 unspecified atom stereocenters. The highest BCUT2D eigenvalue weighted by Crippen LogP contribution is 2.15. The average molecular weight is 193 g/mol. The van der Waals surface area contributed by atoms with E-state index in [1.807, 2.05) is 0 Å². The molecule has 0 amide bonds. The fourth-order valence-electron chi connectivity index (χ4n) is 0.105. The van der Waals surface area contributed by atoms with Crippen molar-refractivity contribution in [3.63, 3.8) is 0 Å². The van der Waals surface area contributed by atoms with Crippen molar-refractivity contribution in [1.29, 1.82) is 0 Å². The van der Waals surface area contributed by atoms with E-state index in [-0.39, 0.29) is 0 Å². The Morgan fingerprint density at radius 2 is 1.56 bits per heavy atom. The summed E-state index contributed by atoms with van der Waals surface area (Å²) >= 11 is 0. The molecule has 0 aliphatic rings. The van der Waals surface area contributed by atoms with Gasteiger partial charge in [-0.1, -0.05) is 0 Å². The van der Waals surface area contributed by atoms with E-state index < -0.39 is 28.1 Å². The zero-order chi connectivity index (χ0) is 7.71. The Kier molecular flexibility index (Phi) is 2.47. The van der Waals surface area contributed by atoms with Crippen LogP contribution in [0.4, 0.5) is 0 Å². The van der Waals surface area contributed by atoms with Crippen molar-refractivity contribution in [2.45, 2.75) is 0 Å². The van der Waals surface area contributed by atoms with E-state index in [2.05, 4.69) is 0 Å². The third kappa shape index (κ3) is 8.17. The average Bonchev–Trinajstić information content (AvgIpc) is 1.14. The van der Waals surface area contributed by atoms with Crippen molar-refractivity contribution < 1.29 is 25.9 Å². The van der Waals surface area contributed by atoms with Crippen LogP contribution in [0.2, 0.25) is 0 Å². The largest absolute Gasteiger partial charge is 0.738 e. The van der Waals surface area contributed by atoms with Crippen LogP contribution in [0.25, 0.3) is 0 Å². The Morgan fingerprint density at radius 3 is 1.56 bits per heavy atom. The van der Waals surface area contributed by atoms with E-state index in [0.717, 1.165) is 0 Å². The summed E-state index contributed by atoms with van der Waals surface area (Å²) in [5, 5.41) is 0. The second-order valence-electron chi connectivity index (χ2n) is 0.904. The van der Waals surface area contributed by atoms with Gasteiger partial charge in [0.1, 0.15) is 9.83 Å². The van der Waals surface area contributed by atoms with Crippen molar-refractivity contribution in [2.24, 2.45) is 0 Å². The Bertz CT molecular complexity index is 233. The first-order valence-electron chi connectivity index (χ1n) is 1.35. The SMILES string of the molecule is O=S(=O)([O-])SS(=O)(=O)O. The van der Waals surface area contributed by atoms with Gasteiger partial charge in [0.2, 0.25) is 0 Å². The molecule has 9 heteroatoms. The highest BCUT2D eigenvalue weighted by Gasteiger charge is 2.10. The Balaban J connectivity index is 4.46. The highest BCUT2D eigenvalue weighted by atomic mass is 33.5. The lowest BCUT2D eigenvalue weighted by Crippen LogP contribution is -1.97. The van der Waals surface area contributed by atoms with Crippen LogP contribution in [-0.2, 0) is 18.3 Å². The van der Waals surface area contributed by atoms with E-state index in [1.54, 1.807) is 0 Å². The number of hydrogen-bond acceptors (Lipinski definition) is 6. The maximum absolute atomic E-state index is 9.59. The topological polar surface area (TPSA) is 112 Å². The minimum Gasteiger partial charge on any atom is -0.738 e. The Morgan fingerprint density at radius 1 is 1.22 bits per heavy atom. The van der Waals surface area contributed by atoms with Gasteiger partial charge >= 0.3 is 9.15 Å². The Labute approximate surface area is 54.6 Å². The molecule has 0 aliphatic heterocycles. The predicted molar refractivity (Wildman–Crippen MR) is 28.8 cm³/mol. The van der Waals surface area contributed by atoms with Gasteiger partial charge in [-0.3, -0.25) is 4.55 Å². The van der Waals surface area contributed by atoms with Gasteiger partial charge in [-0.25, -0.2) is 8.42 Å². The minimum absolute atomic E-state index is 1.04. The van der Waals surface area contributed by atoms with Crippen LogP contribution in [-0.4, -0.2) is 25.9 Å². The summed E-state index contributed by atoms with van der Waals surface area (Å²) in [7, 11) is -10.8. The molecule has 0 atom stereocenters. The van der Waals surface area contributed by atoms with Crippen LogP contribution < -0.4 is 0 Å². The molecule has 0 saturated carbocycles. The second kappa shape index (κ2) is 2.42. The summed E-state index contributed by atoms with van der Waals surface area (Å²) < 4.78 is 55.4. The lowest BCUT2D eigenvalue weighted by molar-refractivity contribution is 0.482. The van der Waals surface area contributed by atoms with Crippen molar-refractivity contribution in [3.8, 4) is 0 Å². The van der Waals surface area contributed by atoms with Crippen LogP contribution in [0.15, 0.2) is 0 Å². The fraction of sp³-hybridized carbons (Fsp3) is 0. The third-order valence-electron chi connectivity index (χ3n) is 0.169. The van der Waals surface area contributed by atoms with E-state index >= 15 is 0 Å². The van der Waals surface area contributed by atoms with Gasteiger partial charge in [0.05, 0.1) is 0 Å². The standard InChI is InChI=1S/H2O6S3/c1-8(2,3)7-9(4,5)6/h(H,1,2,3)(H,4,5,6)/p-1. The van der Waals surface area contributed by atoms with E-state index in [1.165, 1.54) is 0 Å². The molecule has 0 aromatic carbocycles. The molecule has 0 spiro atoms. The maximum atomic E-state index is 9.59. The molecule has 0 aliphatic carbocycles. The van der Waals surface area contributed by atoms with Gasteiger partial charge in [-0.2, -0.15) is 8.42 Å². The van der Waals surface area contributed by atoms with E-state index in [0.29, 0.717) is 0 Å². The van der Waals surface area contributed by atoms with Crippen molar-refractivity contribution in [2.75, 3.05) is 0 Å². The highest BCUT2D eigenvalue weighted by molar-refractivity contribution is 9.02. The molecule has 6 nitrogen and oxygen atoms in total. The normalized spacial score (nSPS) is 13.6. The predicted octanol–water partition coefficient (Wildman–Crippen LogP) is -1.02. The van der Waals surface area contributed by atoms with Gasteiger partial charge in [-0.15, -0.1) is 0 Å². The monoisotopic (exact) mass is 193 g/mol.